The SMILES string of the molecule is C1=CCC2CCC(c3c4ccccc4c(C4=CC=C(C5=c6cccc7c6=C(C=C7)CC5)CC4)c4ccccc34)=CC2=C1. The average molecular weight is 539 g/mol. The second-order valence-electron chi connectivity index (χ2n) is 12.6. The van der Waals surface area contributed by atoms with E-state index in [0.717, 1.165) is 32.1 Å². The standard InChI is InChI=1S/C42H34/c1-2-9-32-26-33(23-16-27(32)8-1)42-38-13-5-3-11-36(38)41(37-12-4-6-14-39(37)42)31-19-17-28(18-20-31)34-25-24-30-22-21-29-10-7-15-35(34)40(29)30/h1-7,9-15,17,19,21-22,26-27H,8,16,18,20,23-25H2. The molecule has 0 bridgehead atoms. The minimum Gasteiger partial charge on any atom is -0.0839 e. The molecule has 0 saturated carbocycles. The van der Waals surface area contributed by atoms with Crippen molar-refractivity contribution in [3.8, 4) is 0 Å². The van der Waals surface area contributed by atoms with Gasteiger partial charge in [0.15, 0.2) is 0 Å². The summed E-state index contributed by atoms with van der Waals surface area (Å²) in [4.78, 5) is 0. The van der Waals surface area contributed by atoms with Gasteiger partial charge in [-0.1, -0.05) is 115 Å². The minimum atomic E-state index is 0.684. The number of rotatable bonds is 3. The van der Waals surface area contributed by atoms with Crippen LogP contribution in [0.1, 0.15) is 61.6 Å². The van der Waals surface area contributed by atoms with Gasteiger partial charge in [-0.25, -0.2) is 0 Å². The molecule has 0 N–H and O–H groups in total. The minimum absolute atomic E-state index is 0.684. The van der Waals surface area contributed by atoms with Crippen molar-refractivity contribution < 1.29 is 0 Å². The van der Waals surface area contributed by atoms with Crippen LogP contribution in [0, 0.1) is 5.92 Å². The Labute approximate surface area is 247 Å². The van der Waals surface area contributed by atoms with Crippen molar-refractivity contribution in [1.82, 2.24) is 0 Å². The van der Waals surface area contributed by atoms with Gasteiger partial charge in [0.2, 0.25) is 0 Å². The molecule has 0 radical (unpaired) electrons. The number of allylic oxidation sites excluding steroid dienone is 11. The summed E-state index contributed by atoms with van der Waals surface area (Å²) in [6.07, 6.45) is 27.0. The highest BCUT2D eigenvalue weighted by Gasteiger charge is 2.25. The molecular weight excluding hydrogens is 504 g/mol. The summed E-state index contributed by atoms with van der Waals surface area (Å²) in [6.45, 7) is 0. The van der Waals surface area contributed by atoms with Gasteiger partial charge in [0, 0.05) is 0 Å². The molecule has 5 aliphatic rings. The van der Waals surface area contributed by atoms with Gasteiger partial charge in [-0.15, -0.1) is 0 Å². The molecule has 0 fully saturated rings. The molecule has 202 valence electrons. The Morgan fingerprint density at radius 2 is 1.29 bits per heavy atom. The lowest BCUT2D eigenvalue weighted by Crippen LogP contribution is -2.33. The van der Waals surface area contributed by atoms with Crippen molar-refractivity contribution in [2.24, 2.45) is 5.92 Å². The van der Waals surface area contributed by atoms with E-state index in [4.69, 9.17) is 0 Å². The lowest BCUT2D eigenvalue weighted by molar-refractivity contribution is 0.572. The Kier molecular flexibility index (Phi) is 5.51. The normalized spacial score (nSPS) is 20.7. The zero-order valence-electron chi connectivity index (χ0n) is 24.0. The van der Waals surface area contributed by atoms with Gasteiger partial charge in [0.25, 0.3) is 0 Å². The summed E-state index contributed by atoms with van der Waals surface area (Å²) in [5.41, 5.74) is 13.4. The molecule has 1 unspecified atom stereocenters. The van der Waals surface area contributed by atoms with Crippen molar-refractivity contribution in [3.63, 3.8) is 0 Å². The highest BCUT2D eigenvalue weighted by atomic mass is 14.3. The number of fused-ring (bicyclic) bond motifs is 3. The highest BCUT2D eigenvalue weighted by molar-refractivity contribution is 6.16. The van der Waals surface area contributed by atoms with E-state index < -0.39 is 0 Å². The summed E-state index contributed by atoms with van der Waals surface area (Å²) in [5.74, 6) is 0.684. The van der Waals surface area contributed by atoms with Gasteiger partial charge >= 0.3 is 0 Å². The van der Waals surface area contributed by atoms with Crippen LogP contribution in [0.5, 0.6) is 0 Å². The predicted octanol–water partition coefficient (Wildman–Crippen LogP) is 9.60. The molecule has 0 aliphatic heterocycles. The van der Waals surface area contributed by atoms with Crippen molar-refractivity contribution >= 4 is 49.9 Å². The van der Waals surface area contributed by atoms with Crippen LogP contribution in [0.25, 0.3) is 49.9 Å². The Morgan fingerprint density at radius 1 is 0.571 bits per heavy atom. The molecule has 0 heteroatoms. The smallest absolute Gasteiger partial charge is 0.00667 e. The summed E-state index contributed by atoms with van der Waals surface area (Å²) < 4.78 is 0. The van der Waals surface area contributed by atoms with Gasteiger partial charge in [0.1, 0.15) is 0 Å². The lowest BCUT2D eigenvalue weighted by atomic mass is 9.76. The first-order chi connectivity index (χ1) is 20.8. The molecule has 5 aliphatic carbocycles. The Morgan fingerprint density at radius 3 is 2.02 bits per heavy atom. The third-order valence-corrected chi connectivity index (χ3v) is 10.4. The van der Waals surface area contributed by atoms with E-state index >= 15 is 0 Å². The fourth-order valence-electron chi connectivity index (χ4n) is 8.39. The largest absolute Gasteiger partial charge is 0.0839 e. The zero-order chi connectivity index (χ0) is 27.6. The third kappa shape index (κ3) is 3.68. The second kappa shape index (κ2) is 9.57. The van der Waals surface area contributed by atoms with Gasteiger partial charge in [-0.3, -0.25) is 0 Å². The first-order valence-corrected chi connectivity index (χ1v) is 15.8. The number of benzene rings is 4. The van der Waals surface area contributed by atoms with E-state index in [2.05, 4.69) is 115 Å². The van der Waals surface area contributed by atoms with E-state index in [1.807, 2.05) is 0 Å². The van der Waals surface area contributed by atoms with Crippen molar-refractivity contribution in [1.29, 1.82) is 0 Å². The highest BCUT2D eigenvalue weighted by Crippen LogP contribution is 2.46. The van der Waals surface area contributed by atoms with E-state index in [1.165, 1.54) is 89.4 Å². The zero-order valence-corrected chi connectivity index (χ0v) is 24.0. The molecule has 0 saturated heterocycles. The Balaban J connectivity index is 1.22. The van der Waals surface area contributed by atoms with Crippen LogP contribution in [-0.4, -0.2) is 0 Å². The van der Waals surface area contributed by atoms with Gasteiger partial charge in [-0.05, 0) is 133 Å². The van der Waals surface area contributed by atoms with E-state index in [0.29, 0.717) is 5.92 Å². The first-order valence-electron chi connectivity index (χ1n) is 15.8. The molecule has 0 spiro atoms. The Bertz CT molecular complexity index is 2090. The molecular formula is C42H34. The Hall–Kier alpha value is -4.42. The van der Waals surface area contributed by atoms with Crippen LogP contribution in [0.15, 0.2) is 120 Å². The van der Waals surface area contributed by atoms with Gasteiger partial charge in [-0.2, -0.15) is 0 Å². The molecule has 4 aromatic rings. The molecule has 9 rings (SSSR count). The first kappa shape index (κ1) is 24.2. The summed E-state index contributed by atoms with van der Waals surface area (Å²) in [7, 11) is 0. The fraction of sp³-hybridized carbons (Fsp3) is 0.190. The average Bonchev–Trinajstić information content (AvgIpc) is 3.48. The maximum absolute atomic E-state index is 2.51. The molecule has 0 heterocycles. The molecule has 0 nitrogen and oxygen atoms in total. The van der Waals surface area contributed by atoms with Gasteiger partial charge in [0.05, 0.1) is 0 Å². The van der Waals surface area contributed by atoms with Gasteiger partial charge < -0.3 is 0 Å². The lowest BCUT2D eigenvalue weighted by Gasteiger charge is -2.28. The summed E-state index contributed by atoms with van der Waals surface area (Å²) in [5, 5.41) is 8.54. The second-order valence-corrected chi connectivity index (χ2v) is 12.6. The van der Waals surface area contributed by atoms with Crippen LogP contribution in [0.4, 0.5) is 0 Å². The maximum Gasteiger partial charge on any atom is -0.00667 e. The predicted molar refractivity (Wildman–Crippen MR) is 180 cm³/mol. The topological polar surface area (TPSA) is 0 Å². The van der Waals surface area contributed by atoms with Crippen molar-refractivity contribution in [2.45, 2.75) is 44.9 Å². The quantitative estimate of drug-likeness (QED) is 0.228. The van der Waals surface area contributed by atoms with Crippen LogP contribution >= 0.6 is 0 Å². The number of hydrogen-bond acceptors (Lipinski definition) is 0. The molecule has 42 heavy (non-hydrogen) atoms. The fourth-order valence-corrected chi connectivity index (χ4v) is 8.39. The van der Waals surface area contributed by atoms with Crippen LogP contribution in [0.2, 0.25) is 0 Å². The maximum atomic E-state index is 2.51. The van der Waals surface area contributed by atoms with Crippen LogP contribution < -0.4 is 10.4 Å². The van der Waals surface area contributed by atoms with E-state index in [-0.39, 0.29) is 0 Å². The monoisotopic (exact) mass is 538 g/mol. The van der Waals surface area contributed by atoms with E-state index in [9.17, 15) is 0 Å². The molecule has 0 aromatic heterocycles. The molecule has 4 aromatic carbocycles. The van der Waals surface area contributed by atoms with Crippen LogP contribution in [0.3, 0.4) is 0 Å². The van der Waals surface area contributed by atoms with E-state index in [1.54, 1.807) is 5.57 Å². The van der Waals surface area contributed by atoms with Crippen LogP contribution in [-0.2, 0) is 0 Å². The summed E-state index contributed by atoms with van der Waals surface area (Å²) >= 11 is 0. The van der Waals surface area contributed by atoms with Crippen molar-refractivity contribution in [3.05, 3.63) is 148 Å². The summed E-state index contributed by atoms with van der Waals surface area (Å²) in [6, 6.07) is 25.2. The van der Waals surface area contributed by atoms with Crippen molar-refractivity contribution in [2.75, 3.05) is 0 Å². The third-order valence-electron chi connectivity index (χ3n) is 10.4. The molecule has 0 amide bonds. The molecule has 1 atom stereocenters. The number of hydrogen-bond donors (Lipinski definition) is 0.